The number of non-ortho nitro benzene ring substituents is 1. The summed E-state index contributed by atoms with van der Waals surface area (Å²) in [5.74, 6) is -0.867. The number of carbonyl (C=O) groups excluding carboxylic acids is 2. The number of rotatable bonds is 5. The van der Waals surface area contributed by atoms with Gasteiger partial charge in [-0.3, -0.25) is 14.9 Å². The molecular weight excluding hydrogens is 348 g/mol. The second-order valence-electron chi connectivity index (χ2n) is 6.35. The Morgan fingerprint density at radius 3 is 2.68 bits per heavy atom. The van der Waals surface area contributed by atoms with E-state index in [0.29, 0.717) is 5.92 Å². The first-order chi connectivity index (χ1) is 11.8. The molecule has 1 aromatic carbocycles. The van der Waals surface area contributed by atoms with Crippen LogP contribution in [0, 0.1) is 16.0 Å². The van der Waals surface area contributed by atoms with Gasteiger partial charge in [-0.2, -0.15) is 0 Å². The number of nitro benzene ring substituents is 1. The Kier molecular flexibility index (Phi) is 6.36. The van der Waals surface area contributed by atoms with Gasteiger partial charge in [0.25, 0.3) is 11.6 Å². The Bertz CT molecular complexity index is 679. The van der Waals surface area contributed by atoms with E-state index in [1.54, 1.807) is 0 Å². The number of esters is 1. The predicted molar refractivity (Wildman–Crippen MR) is 92.5 cm³/mol. The molecular formula is C17H21ClN2O5. The first-order valence-corrected chi connectivity index (χ1v) is 8.62. The van der Waals surface area contributed by atoms with E-state index < -0.39 is 17.0 Å². The number of benzene rings is 1. The number of hydrogen-bond donors (Lipinski definition) is 1. The fourth-order valence-corrected chi connectivity index (χ4v) is 3.09. The Labute approximate surface area is 150 Å². The van der Waals surface area contributed by atoms with Crippen molar-refractivity contribution in [3.63, 3.8) is 0 Å². The van der Waals surface area contributed by atoms with E-state index in [1.807, 2.05) is 0 Å². The molecule has 8 heteroatoms. The lowest BCUT2D eigenvalue weighted by Gasteiger charge is -2.30. The second kappa shape index (κ2) is 8.29. The zero-order chi connectivity index (χ0) is 18.6. The first kappa shape index (κ1) is 19.2. The van der Waals surface area contributed by atoms with Crippen molar-refractivity contribution in [2.24, 2.45) is 5.92 Å². The average molecular weight is 369 g/mol. The Hall–Kier alpha value is -2.15. The summed E-state index contributed by atoms with van der Waals surface area (Å²) < 4.78 is 5.13. The molecule has 136 valence electrons. The summed E-state index contributed by atoms with van der Waals surface area (Å²) >= 11 is 5.91. The molecule has 3 atom stereocenters. The number of halogens is 1. The van der Waals surface area contributed by atoms with Crippen LogP contribution < -0.4 is 5.32 Å². The van der Waals surface area contributed by atoms with Crippen molar-refractivity contribution in [3.05, 3.63) is 38.9 Å². The molecule has 7 nitrogen and oxygen atoms in total. The predicted octanol–water partition coefficient (Wildman–Crippen LogP) is 3.49. The molecule has 0 aliphatic heterocycles. The highest BCUT2D eigenvalue weighted by Gasteiger charge is 2.27. The van der Waals surface area contributed by atoms with Crippen molar-refractivity contribution >= 4 is 29.2 Å². The van der Waals surface area contributed by atoms with E-state index in [9.17, 15) is 19.7 Å². The van der Waals surface area contributed by atoms with Crippen molar-refractivity contribution in [2.45, 2.75) is 51.7 Å². The molecule has 0 saturated heterocycles. The summed E-state index contributed by atoms with van der Waals surface area (Å²) in [6.07, 6.45) is 3.17. The van der Waals surface area contributed by atoms with Crippen LogP contribution in [0.5, 0.6) is 0 Å². The lowest BCUT2D eigenvalue weighted by molar-refractivity contribution is -0.384. The number of nitro groups is 1. The largest absolute Gasteiger partial charge is 0.449 e. The van der Waals surface area contributed by atoms with Crippen molar-refractivity contribution in [2.75, 3.05) is 0 Å². The van der Waals surface area contributed by atoms with E-state index in [0.717, 1.165) is 31.7 Å². The van der Waals surface area contributed by atoms with E-state index in [-0.39, 0.29) is 28.2 Å². The van der Waals surface area contributed by atoms with Crippen molar-refractivity contribution in [1.82, 2.24) is 5.32 Å². The summed E-state index contributed by atoms with van der Waals surface area (Å²) in [5.41, 5.74) is -0.411. The third kappa shape index (κ3) is 4.92. The molecule has 0 unspecified atom stereocenters. The smallest absolute Gasteiger partial charge is 0.340 e. The maximum absolute atomic E-state index is 12.3. The van der Waals surface area contributed by atoms with Crippen LogP contribution in [0.25, 0.3) is 0 Å². The number of ether oxygens (including phenoxy) is 1. The van der Waals surface area contributed by atoms with Crippen LogP contribution in [0.4, 0.5) is 5.69 Å². The zero-order valence-corrected chi connectivity index (χ0v) is 14.9. The molecule has 0 aromatic heterocycles. The van der Waals surface area contributed by atoms with Crippen LogP contribution >= 0.6 is 11.6 Å². The van der Waals surface area contributed by atoms with E-state index in [2.05, 4.69) is 12.2 Å². The van der Waals surface area contributed by atoms with Crippen LogP contribution in [0.15, 0.2) is 18.2 Å². The van der Waals surface area contributed by atoms with Crippen molar-refractivity contribution in [3.8, 4) is 0 Å². The van der Waals surface area contributed by atoms with Gasteiger partial charge in [0.15, 0.2) is 6.10 Å². The lowest BCUT2D eigenvalue weighted by atomic mass is 9.86. The van der Waals surface area contributed by atoms with E-state index in [4.69, 9.17) is 16.3 Å². The number of hydrogen-bond acceptors (Lipinski definition) is 5. The minimum atomic E-state index is -1.02. The Morgan fingerprint density at radius 2 is 2.04 bits per heavy atom. The van der Waals surface area contributed by atoms with Crippen LogP contribution in [-0.2, 0) is 9.53 Å². The maximum atomic E-state index is 12.3. The van der Waals surface area contributed by atoms with Crippen molar-refractivity contribution in [1.29, 1.82) is 0 Å². The summed E-state index contributed by atoms with van der Waals surface area (Å²) in [7, 11) is 0. The summed E-state index contributed by atoms with van der Waals surface area (Å²) in [4.78, 5) is 34.6. The number of carbonyl (C=O) groups is 2. The summed E-state index contributed by atoms with van der Waals surface area (Å²) in [5, 5.41) is 13.8. The third-order valence-corrected chi connectivity index (χ3v) is 4.80. The minimum absolute atomic E-state index is 0.0316. The molecule has 0 radical (unpaired) electrons. The fraction of sp³-hybridized carbons (Fsp3) is 0.529. The molecule has 0 heterocycles. The van der Waals surface area contributed by atoms with Gasteiger partial charge in [-0.15, -0.1) is 0 Å². The van der Waals surface area contributed by atoms with Gasteiger partial charge in [-0.1, -0.05) is 31.4 Å². The monoisotopic (exact) mass is 368 g/mol. The van der Waals surface area contributed by atoms with Crippen LogP contribution in [0.1, 0.15) is 49.9 Å². The average Bonchev–Trinajstić information content (AvgIpc) is 2.56. The molecule has 1 saturated carbocycles. The summed E-state index contributed by atoms with van der Waals surface area (Å²) in [6, 6.07) is 3.56. The Balaban J connectivity index is 2.00. The molecule has 0 bridgehead atoms. The molecule has 1 N–H and O–H groups in total. The Morgan fingerprint density at radius 1 is 1.36 bits per heavy atom. The number of amides is 1. The minimum Gasteiger partial charge on any atom is -0.449 e. The van der Waals surface area contributed by atoms with Gasteiger partial charge >= 0.3 is 5.97 Å². The summed E-state index contributed by atoms with van der Waals surface area (Å²) in [6.45, 7) is 3.55. The van der Waals surface area contributed by atoms with Gasteiger partial charge < -0.3 is 10.1 Å². The first-order valence-electron chi connectivity index (χ1n) is 8.25. The van der Waals surface area contributed by atoms with Gasteiger partial charge in [-0.05, 0) is 31.7 Å². The normalized spacial score (nSPS) is 21.2. The number of nitrogens with zero attached hydrogens (tertiary/aromatic N) is 1. The molecule has 25 heavy (non-hydrogen) atoms. The fourth-order valence-electron chi connectivity index (χ4n) is 2.89. The maximum Gasteiger partial charge on any atom is 0.340 e. The standard InChI is InChI=1S/C17H21ClN2O5/c1-10-5-3-4-6-15(10)19-16(21)11(2)25-17(22)13-9-12(20(23)24)7-8-14(13)18/h7-11,15H,3-6H2,1-2H3,(H,19,21)/t10-,11-,15+/m1/s1. The molecule has 0 spiro atoms. The lowest BCUT2D eigenvalue weighted by Crippen LogP contribution is -2.46. The van der Waals surface area contributed by atoms with Crippen LogP contribution in [0.2, 0.25) is 5.02 Å². The topological polar surface area (TPSA) is 98.5 Å². The molecule has 1 aromatic rings. The SMILES string of the molecule is C[C@@H]1CCCC[C@@H]1NC(=O)[C@@H](C)OC(=O)c1cc([N+](=O)[O-])ccc1Cl. The molecule has 1 fully saturated rings. The van der Waals surface area contributed by atoms with E-state index in [1.165, 1.54) is 19.1 Å². The van der Waals surface area contributed by atoms with Gasteiger partial charge in [0.1, 0.15) is 0 Å². The highest BCUT2D eigenvalue weighted by molar-refractivity contribution is 6.33. The quantitative estimate of drug-likeness (QED) is 0.487. The molecule has 2 rings (SSSR count). The van der Waals surface area contributed by atoms with Crippen LogP contribution in [0.3, 0.4) is 0 Å². The van der Waals surface area contributed by atoms with Gasteiger partial charge in [0.2, 0.25) is 0 Å². The van der Waals surface area contributed by atoms with E-state index >= 15 is 0 Å². The van der Waals surface area contributed by atoms with Gasteiger partial charge in [0, 0.05) is 18.2 Å². The second-order valence-corrected chi connectivity index (χ2v) is 6.75. The molecule has 1 amide bonds. The molecule has 1 aliphatic carbocycles. The highest BCUT2D eigenvalue weighted by Crippen LogP contribution is 2.25. The van der Waals surface area contributed by atoms with Crippen LogP contribution in [-0.4, -0.2) is 28.9 Å². The van der Waals surface area contributed by atoms with Crippen molar-refractivity contribution < 1.29 is 19.2 Å². The third-order valence-electron chi connectivity index (χ3n) is 4.47. The number of nitrogens with one attached hydrogen (secondary N) is 1. The van der Waals surface area contributed by atoms with Gasteiger partial charge in [-0.25, -0.2) is 4.79 Å². The highest BCUT2D eigenvalue weighted by atomic mass is 35.5. The zero-order valence-electron chi connectivity index (χ0n) is 14.2. The van der Waals surface area contributed by atoms with Gasteiger partial charge in [0.05, 0.1) is 15.5 Å². The molecule has 1 aliphatic rings.